The maximum atomic E-state index is 2.41. The predicted molar refractivity (Wildman–Crippen MR) is 118 cm³/mol. The van der Waals surface area contributed by atoms with Crippen LogP contribution in [0.4, 0.5) is 17.1 Å². The van der Waals surface area contributed by atoms with Crippen LogP contribution in [-0.4, -0.2) is 5.75 Å². The lowest BCUT2D eigenvalue weighted by atomic mass is 9.80. The quantitative estimate of drug-likeness (QED) is 0.476. The van der Waals surface area contributed by atoms with Crippen LogP contribution in [-0.2, 0) is 5.41 Å². The lowest BCUT2D eigenvalue weighted by Crippen LogP contribution is -2.18. The first-order valence-electron chi connectivity index (χ1n) is 9.58. The Morgan fingerprint density at radius 1 is 0.778 bits per heavy atom. The summed E-state index contributed by atoms with van der Waals surface area (Å²) in [5.74, 6) is 1.23. The van der Waals surface area contributed by atoms with E-state index in [2.05, 4.69) is 97.6 Å². The summed E-state index contributed by atoms with van der Waals surface area (Å²) in [5, 5.41) is 0. The second kappa shape index (κ2) is 6.31. The van der Waals surface area contributed by atoms with Gasteiger partial charge in [0.05, 0.1) is 0 Å². The molecule has 3 aromatic carbocycles. The van der Waals surface area contributed by atoms with E-state index in [1.54, 1.807) is 5.57 Å². The Balaban J connectivity index is 1.66. The normalized spacial score (nSPS) is 17.0. The fraction of sp³-hybridized carbons (Fsp3) is 0.200. The first-order chi connectivity index (χ1) is 13.2. The van der Waals surface area contributed by atoms with Crippen molar-refractivity contribution >= 4 is 33.7 Å². The molecule has 0 saturated heterocycles. The fourth-order valence-corrected chi connectivity index (χ4v) is 5.82. The number of anilines is 3. The number of fused-ring (bicyclic) bond motifs is 2. The average molecular weight is 370 g/mol. The first kappa shape index (κ1) is 16.7. The van der Waals surface area contributed by atoms with Crippen LogP contribution in [0, 0.1) is 0 Å². The molecule has 5 rings (SSSR count). The summed E-state index contributed by atoms with van der Waals surface area (Å²) in [6, 6.07) is 28.3. The van der Waals surface area contributed by atoms with Crippen molar-refractivity contribution in [2.24, 2.45) is 0 Å². The Bertz CT molecular complexity index is 979. The zero-order chi connectivity index (χ0) is 18.4. The maximum Gasteiger partial charge on any atom is 0.0465 e. The van der Waals surface area contributed by atoms with E-state index >= 15 is 0 Å². The molecule has 0 radical (unpaired) electrons. The van der Waals surface area contributed by atoms with Crippen molar-refractivity contribution in [3.05, 3.63) is 95.6 Å². The number of hydrogen-bond donors (Lipinski definition) is 0. The van der Waals surface area contributed by atoms with Gasteiger partial charge in [-0.25, -0.2) is 0 Å². The van der Waals surface area contributed by atoms with Gasteiger partial charge in [-0.1, -0.05) is 56.3 Å². The summed E-state index contributed by atoms with van der Waals surface area (Å²) in [6.07, 6.45) is 1.22. The number of allylic oxidation sites excluding steroid dienone is 1. The molecule has 3 aromatic rings. The minimum absolute atomic E-state index is 0.128. The monoisotopic (exact) mass is 369 g/mol. The molecule has 0 N–H and O–H groups in total. The third-order valence-electron chi connectivity index (χ3n) is 5.84. The average Bonchev–Trinajstić information content (AvgIpc) is 3.27. The highest BCUT2D eigenvalue weighted by Crippen LogP contribution is 2.56. The smallest absolute Gasteiger partial charge is 0.0465 e. The van der Waals surface area contributed by atoms with E-state index in [1.165, 1.54) is 45.3 Å². The molecule has 0 unspecified atom stereocenters. The van der Waals surface area contributed by atoms with Crippen LogP contribution < -0.4 is 4.90 Å². The lowest BCUT2D eigenvalue weighted by molar-refractivity contribution is 0.621. The van der Waals surface area contributed by atoms with E-state index in [4.69, 9.17) is 0 Å². The molecular weight excluding hydrogens is 346 g/mol. The van der Waals surface area contributed by atoms with E-state index < -0.39 is 0 Å². The Morgan fingerprint density at radius 3 is 2.04 bits per heavy atom. The molecule has 0 amide bonds. The standard InChI is InChI=1S/C25H23NS/c1-25(2)22-15-16-27-24(22)21-14-13-20(17-23(21)25)26(18-9-5-3-6-10-18)19-11-7-4-8-12-19/h3-14,17H,15-16H2,1-2H3. The number of rotatable bonds is 3. The molecule has 0 bridgehead atoms. The Morgan fingerprint density at radius 2 is 1.41 bits per heavy atom. The minimum atomic E-state index is 0.128. The van der Waals surface area contributed by atoms with E-state index in [0.717, 1.165) is 0 Å². The molecule has 0 aromatic heterocycles. The number of hydrogen-bond acceptors (Lipinski definition) is 2. The SMILES string of the molecule is CC1(C)C2=C(SCC2)c2ccc(N(c3ccccc3)c3ccccc3)cc21. The van der Waals surface area contributed by atoms with Crippen LogP contribution in [0.25, 0.3) is 4.91 Å². The van der Waals surface area contributed by atoms with Gasteiger partial charge in [0.25, 0.3) is 0 Å². The van der Waals surface area contributed by atoms with Crippen molar-refractivity contribution in [3.8, 4) is 0 Å². The zero-order valence-electron chi connectivity index (χ0n) is 15.8. The molecule has 2 heteroatoms. The van der Waals surface area contributed by atoms with Gasteiger partial charge in [0.2, 0.25) is 0 Å². The highest BCUT2D eigenvalue weighted by atomic mass is 32.2. The van der Waals surface area contributed by atoms with Crippen molar-refractivity contribution in [2.45, 2.75) is 25.7 Å². The van der Waals surface area contributed by atoms with Crippen molar-refractivity contribution in [1.29, 1.82) is 0 Å². The molecule has 27 heavy (non-hydrogen) atoms. The van der Waals surface area contributed by atoms with Crippen LogP contribution in [0.3, 0.4) is 0 Å². The molecule has 1 aliphatic heterocycles. The van der Waals surface area contributed by atoms with Gasteiger partial charge in [0.1, 0.15) is 0 Å². The Labute approximate surface area is 165 Å². The van der Waals surface area contributed by atoms with Gasteiger partial charge in [-0.05, 0) is 59.5 Å². The maximum absolute atomic E-state index is 2.41. The summed E-state index contributed by atoms with van der Waals surface area (Å²) in [6.45, 7) is 4.78. The molecular formula is C25H23NS. The van der Waals surface area contributed by atoms with Crippen LogP contribution in [0.1, 0.15) is 31.4 Å². The molecule has 0 atom stereocenters. The van der Waals surface area contributed by atoms with E-state index in [9.17, 15) is 0 Å². The highest BCUT2D eigenvalue weighted by molar-refractivity contribution is 8.08. The Kier molecular flexibility index (Phi) is 3.91. The van der Waals surface area contributed by atoms with Crippen LogP contribution in [0.2, 0.25) is 0 Å². The summed E-state index contributed by atoms with van der Waals surface area (Å²) >= 11 is 2.03. The molecule has 2 aliphatic rings. The van der Waals surface area contributed by atoms with Crippen molar-refractivity contribution in [3.63, 3.8) is 0 Å². The molecule has 134 valence electrons. The van der Waals surface area contributed by atoms with Crippen molar-refractivity contribution in [2.75, 3.05) is 10.7 Å². The molecule has 1 heterocycles. The fourth-order valence-electron chi connectivity index (χ4n) is 4.44. The van der Waals surface area contributed by atoms with Gasteiger partial charge < -0.3 is 4.90 Å². The minimum Gasteiger partial charge on any atom is -0.310 e. The Hall–Kier alpha value is -2.45. The van der Waals surface area contributed by atoms with Crippen molar-refractivity contribution in [1.82, 2.24) is 0 Å². The molecule has 1 nitrogen and oxygen atoms in total. The second-order valence-corrected chi connectivity index (χ2v) is 8.87. The van der Waals surface area contributed by atoms with Gasteiger partial charge in [-0.15, -0.1) is 11.8 Å². The number of thioether (sulfide) groups is 1. The second-order valence-electron chi connectivity index (χ2n) is 7.77. The van der Waals surface area contributed by atoms with Gasteiger partial charge >= 0.3 is 0 Å². The zero-order valence-corrected chi connectivity index (χ0v) is 16.6. The van der Waals surface area contributed by atoms with Crippen LogP contribution in [0.15, 0.2) is 84.4 Å². The van der Waals surface area contributed by atoms with E-state index in [0.29, 0.717) is 0 Å². The lowest BCUT2D eigenvalue weighted by Gasteiger charge is -2.29. The van der Waals surface area contributed by atoms with Gasteiger partial charge in [-0.2, -0.15) is 0 Å². The molecule has 0 fully saturated rings. The van der Waals surface area contributed by atoms with Gasteiger partial charge in [0.15, 0.2) is 0 Å². The van der Waals surface area contributed by atoms with Crippen molar-refractivity contribution < 1.29 is 0 Å². The van der Waals surface area contributed by atoms with Gasteiger partial charge in [0, 0.05) is 33.1 Å². The largest absolute Gasteiger partial charge is 0.310 e. The van der Waals surface area contributed by atoms with Crippen LogP contribution >= 0.6 is 11.8 Å². The number of benzene rings is 3. The predicted octanol–water partition coefficient (Wildman–Crippen LogP) is 7.30. The summed E-state index contributed by atoms with van der Waals surface area (Å²) in [4.78, 5) is 3.89. The van der Waals surface area contributed by atoms with E-state index in [-0.39, 0.29) is 5.41 Å². The topological polar surface area (TPSA) is 3.24 Å². The van der Waals surface area contributed by atoms with Gasteiger partial charge in [-0.3, -0.25) is 0 Å². The third-order valence-corrected chi connectivity index (χ3v) is 7.00. The highest BCUT2D eigenvalue weighted by Gasteiger charge is 2.40. The molecule has 0 spiro atoms. The molecule has 1 aliphatic carbocycles. The third kappa shape index (κ3) is 2.62. The number of para-hydroxylation sites is 2. The van der Waals surface area contributed by atoms with Crippen LogP contribution in [0.5, 0.6) is 0 Å². The molecule has 0 saturated carbocycles. The first-order valence-corrected chi connectivity index (χ1v) is 10.6. The summed E-state index contributed by atoms with van der Waals surface area (Å²) in [5.41, 5.74) is 8.28. The summed E-state index contributed by atoms with van der Waals surface area (Å²) < 4.78 is 0. The van der Waals surface area contributed by atoms with E-state index in [1.807, 2.05) is 11.8 Å². The summed E-state index contributed by atoms with van der Waals surface area (Å²) in [7, 11) is 0. The number of nitrogens with zero attached hydrogens (tertiary/aromatic N) is 1.